The summed E-state index contributed by atoms with van der Waals surface area (Å²) >= 11 is 0. The zero-order chi connectivity index (χ0) is 12.1. The van der Waals surface area contributed by atoms with Gasteiger partial charge in [-0.25, -0.2) is 0 Å². The van der Waals surface area contributed by atoms with Crippen LogP contribution in [0.25, 0.3) is 0 Å². The van der Waals surface area contributed by atoms with E-state index in [0.29, 0.717) is 6.04 Å². The van der Waals surface area contributed by atoms with Gasteiger partial charge in [0.25, 0.3) is 0 Å². The van der Waals surface area contributed by atoms with Crippen LogP contribution in [0.5, 0.6) is 0 Å². The standard InChI is InChI=1S/C13H21N3O/c1-11-5-7-16(13(10-17)8-15-11)9-12-4-2-3-6-14-12/h2-4,6,11,13,15,17H,5,7-10H2,1H3. The first-order valence-electron chi connectivity index (χ1n) is 6.28. The Morgan fingerprint density at radius 2 is 2.41 bits per heavy atom. The van der Waals surface area contributed by atoms with Crippen LogP contribution in [0.2, 0.25) is 0 Å². The van der Waals surface area contributed by atoms with Crippen LogP contribution >= 0.6 is 0 Å². The third-order valence-electron chi connectivity index (χ3n) is 3.37. The highest BCUT2D eigenvalue weighted by atomic mass is 16.3. The molecule has 2 rings (SSSR count). The van der Waals surface area contributed by atoms with Gasteiger partial charge in [-0.05, 0) is 25.5 Å². The number of aromatic nitrogens is 1. The Balaban J connectivity index is 2.01. The summed E-state index contributed by atoms with van der Waals surface area (Å²) in [7, 11) is 0. The molecule has 1 aromatic heterocycles. The van der Waals surface area contributed by atoms with Crippen LogP contribution < -0.4 is 5.32 Å². The fourth-order valence-electron chi connectivity index (χ4n) is 2.20. The molecule has 2 N–H and O–H groups in total. The maximum Gasteiger partial charge on any atom is 0.0599 e. The quantitative estimate of drug-likeness (QED) is 0.806. The van der Waals surface area contributed by atoms with Crippen molar-refractivity contribution in [3.05, 3.63) is 30.1 Å². The van der Waals surface area contributed by atoms with Crippen molar-refractivity contribution in [2.24, 2.45) is 0 Å². The lowest BCUT2D eigenvalue weighted by Crippen LogP contribution is -2.42. The Hall–Kier alpha value is -0.970. The molecule has 1 fully saturated rings. The van der Waals surface area contributed by atoms with Crippen molar-refractivity contribution in [2.45, 2.75) is 32.0 Å². The molecule has 1 aliphatic heterocycles. The van der Waals surface area contributed by atoms with Crippen LogP contribution in [0.3, 0.4) is 0 Å². The maximum absolute atomic E-state index is 9.45. The van der Waals surface area contributed by atoms with Gasteiger partial charge in [-0.15, -0.1) is 0 Å². The average molecular weight is 235 g/mol. The molecule has 0 radical (unpaired) electrons. The Labute approximate surface area is 103 Å². The predicted octanol–water partition coefficient (Wildman–Crippen LogP) is 0.626. The Morgan fingerprint density at radius 1 is 1.53 bits per heavy atom. The fourth-order valence-corrected chi connectivity index (χ4v) is 2.20. The van der Waals surface area contributed by atoms with E-state index < -0.39 is 0 Å². The fraction of sp³-hybridized carbons (Fsp3) is 0.615. The number of hydrogen-bond donors (Lipinski definition) is 2. The molecule has 0 aliphatic carbocycles. The molecule has 2 atom stereocenters. The summed E-state index contributed by atoms with van der Waals surface area (Å²) < 4.78 is 0. The van der Waals surface area contributed by atoms with Crippen molar-refractivity contribution in [3.63, 3.8) is 0 Å². The first-order valence-corrected chi connectivity index (χ1v) is 6.28. The van der Waals surface area contributed by atoms with E-state index in [4.69, 9.17) is 0 Å². The van der Waals surface area contributed by atoms with Gasteiger partial charge in [0.15, 0.2) is 0 Å². The summed E-state index contributed by atoms with van der Waals surface area (Å²) in [6, 6.07) is 6.70. The van der Waals surface area contributed by atoms with Gasteiger partial charge in [0, 0.05) is 37.9 Å². The van der Waals surface area contributed by atoms with E-state index >= 15 is 0 Å². The molecule has 0 spiro atoms. The van der Waals surface area contributed by atoms with Crippen LogP contribution in [-0.4, -0.2) is 46.8 Å². The smallest absolute Gasteiger partial charge is 0.0599 e. The van der Waals surface area contributed by atoms with Crippen molar-refractivity contribution < 1.29 is 5.11 Å². The molecule has 4 heteroatoms. The van der Waals surface area contributed by atoms with Gasteiger partial charge in [0.1, 0.15) is 0 Å². The van der Waals surface area contributed by atoms with Gasteiger partial charge in [-0.2, -0.15) is 0 Å². The van der Waals surface area contributed by atoms with Gasteiger partial charge in [0.2, 0.25) is 0 Å². The molecule has 1 aliphatic rings. The van der Waals surface area contributed by atoms with E-state index in [1.165, 1.54) is 0 Å². The van der Waals surface area contributed by atoms with Crippen molar-refractivity contribution in [1.82, 2.24) is 15.2 Å². The van der Waals surface area contributed by atoms with Crippen LogP contribution in [0.4, 0.5) is 0 Å². The lowest BCUT2D eigenvalue weighted by atomic mass is 10.2. The van der Waals surface area contributed by atoms with E-state index in [9.17, 15) is 5.11 Å². The molecular weight excluding hydrogens is 214 g/mol. The number of nitrogens with one attached hydrogen (secondary N) is 1. The molecule has 1 aromatic rings. The summed E-state index contributed by atoms with van der Waals surface area (Å²) in [4.78, 5) is 6.67. The Morgan fingerprint density at radius 3 is 3.12 bits per heavy atom. The highest BCUT2D eigenvalue weighted by Gasteiger charge is 2.22. The largest absolute Gasteiger partial charge is 0.395 e. The number of aliphatic hydroxyl groups excluding tert-OH is 1. The molecular formula is C13H21N3O. The van der Waals surface area contributed by atoms with Crippen molar-refractivity contribution in [2.75, 3.05) is 19.7 Å². The van der Waals surface area contributed by atoms with E-state index in [-0.39, 0.29) is 12.6 Å². The van der Waals surface area contributed by atoms with Crippen LogP contribution in [0.1, 0.15) is 19.0 Å². The summed E-state index contributed by atoms with van der Waals surface area (Å²) in [5.41, 5.74) is 1.07. The van der Waals surface area contributed by atoms with Gasteiger partial charge in [-0.1, -0.05) is 6.07 Å². The molecule has 1 saturated heterocycles. The first kappa shape index (κ1) is 12.5. The summed E-state index contributed by atoms with van der Waals surface area (Å²) in [5, 5.41) is 12.9. The maximum atomic E-state index is 9.45. The second kappa shape index (κ2) is 6.10. The SMILES string of the molecule is CC1CCN(Cc2ccccn2)C(CO)CN1. The van der Waals surface area contributed by atoms with Crippen LogP contribution in [0, 0.1) is 0 Å². The van der Waals surface area contributed by atoms with Crippen LogP contribution in [0.15, 0.2) is 24.4 Å². The monoisotopic (exact) mass is 235 g/mol. The normalized spacial score (nSPS) is 26.7. The lowest BCUT2D eigenvalue weighted by molar-refractivity contribution is 0.125. The van der Waals surface area contributed by atoms with E-state index in [0.717, 1.165) is 31.7 Å². The third-order valence-corrected chi connectivity index (χ3v) is 3.37. The predicted molar refractivity (Wildman–Crippen MR) is 67.6 cm³/mol. The zero-order valence-corrected chi connectivity index (χ0v) is 10.3. The summed E-state index contributed by atoms with van der Waals surface area (Å²) in [6.07, 6.45) is 2.94. The van der Waals surface area contributed by atoms with Gasteiger partial charge < -0.3 is 10.4 Å². The molecule has 2 heterocycles. The zero-order valence-electron chi connectivity index (χ0n) is 10.3. The molecule has 94 valence electrons. The number of hydrogen-bond acceptors (Lipinski definition) is 4. The second-order valence-electron chi connectivity index (χ2n) is 4.73. The minimum atomic E-state index is 0.196. The van der Waals surface area contributed by atoms with E-state index in [1.54, 1.807) is 0 Å². The average Bonchev–Trinajstić information content (AvgIpc) is 2.53. The van der Waals surface area contributed by atoms with E-state index in [2.05, 4.69) is 22.1 Å². The van der Waals surface area contributed by atoms with Gasteiger partial charge in [0.05, 0.1) is 12.3 Å². The number of nitrogens with zero attached hydrogens (tertiary/aromatic N) is 2. The van der Waals surface area contributed by atoms with Gasteiger partial charge >= 0.3 is 0 Å². The summed E-state index contributed by atoms with van der Waals surface area (Å²) in [6.45, 7) is 5.08. The van der Waals surface area contributed by atoms with Crippen molar-refractivity contribution >= 4 is 0 Å². The number of aliphatic hydroxyl groups is 1. The Kier molecular flexibility index (Phi) is 4.48. The van der Waals surface area contributed by atoms with Crippen LogP contribution in [-0.2, 0) is 6.54 Å². The minimum Gasteiger partial charge on any atom is -0.395 e. The minimum absolute atomic E-state index is 0.196. The molecule has 17 heavy (non-hydrogen) atoms. The molecule has 0 bridgehead atoms. The third kappa shape index (κ3) is 3.49. The highest BCUT2D eigenvalue weighted by Crippen LogP contribution is 2.11. The Bertz CT molecular complexity index is 331. The second-order valence-corrected chi connectivity index (χ2v) is 4.73. The topological polar surface area (TPSA) is 48.4 Å². The molecule has 2 unspecified atom stereocenters. The number of rotatable bonds is 3. The summed E-state index contributed by atoms with van der Waals surface area (Å²) in [5.74, 6) is 0. The molecule has 0 saturated carbocycles. The number of pyridine rings is 1. The molecule has 0 aromatic carbocycles. The highest BCUT2D eigenvalue weighted by molar-refractivity contribution is 5.03. The molecule has 4 nitrogen and oxygen atoms in total. The van der Waals surface area contributed by atoms with Crippen molar-refractivity contribution in [3.8, 4) is 0 Å². The van der Waals surface area contributed by atoms with Crippen molar-refractivity contribution in [1.29, 1.82) is 0 Å². The first-order chi connectivity index (χ1) is 8.29. The van der Waals surface area contributed by atoms with E-state index in [1.807, 2.05) is 24.4 Å². The van der Waals surface area contributed by atoms with Gasteiger partial charge in [-0.3, -0.25) is 9.88 Å². The molecule has 0 amide bonds. The lowest BCUT2D eigenvalue weighted by Gasteiger charge is -2.27.